The number of hydrogen-bond acceptors (Lipinski definition) is 4. The van der Waals surface area contributed by atoms with E-state index in [9.17, 15) is 0 Å². The van der Waals surface area contributed by atoms with Crippen LogP contribution in [0.5, 0.6) is 11.6 Å². The zero-order chi connectivity index (χ0) is 14.7. The first-order valence-corrected chi connectivity index (χ1v) is 7.38. The van der Waals surface area contributed by atoms with Crippen LogP contribution in [-0.2, 0) is 6.54 Å². The molecule has 3 aromatic rings. The van der Waals surface area contributed by atoms with Gasteiger partial charge in [0.25, 0.3) is 0 Å². The SMILES string of the molecule is CNCc1cnc(Oc2ccc3ccccc3c2Br)cn1. The summed E-state index contributed by atoms with van der Waals surface area (Å²) in [6.45, 7) is 0.687. The molecule has 1 heterocycles. The maximum Gasteiger partial charge on any atom is 0.237 e. The first-order chi connectivity index (χ1) is 10.3. The summed E-state index contributed by atoms with van der Waals surface area (Å²) in [5.74, 6) is 1.20. The largest absolute Gasteiger partial charge is 0.436 e. The topological polar surface area (TPSA) is 47.0 Å². The van der Waals surface area contributed by atoms with E-state index in [0.717, 1.165) is 26.7 Å². The Hall–Kier alpha value is -1.98. The van der Waals surface area contributed by atoms with E-state index in [0.29, 0.717) is 12.4 Å². The van der Waals surface area contributed by atoms with E-state index < -0.39 is 0 Å². The molecule has 0 aliphatic carbocycles. The third kappa shape index (κ3) is 3.04. The number of nitrogens with one attached hydrogen (secondary N) is 1. The molecule has 0 unspecified atom stereocenters. The molecule has 4 nitrogen and oxygen atoms in total. The van der Waals surface area contributed by atoms with Crippen LogP contribution >= 0.6 is 15.9 Å². The van der Waals surface area contributed by atoms with Gasteiger partial charge in [0.2, 0.25) is 5.88 Å². The van der Waals surface area contributed by atoms with Gasteiger partial charge in [0.15, 0.2) is 0 Å². The van der Waals surface area contributed by atoms with Crippen LogP contribution in [0.2, 0.25) is 0 Å². The predicted molar refractivity (Wildman–Crippen MR) is 86.5 cm³/mol. The fraction of sp³-hybridized carbons (Fsp3) is 0.125. The molecule has 0 aliphatic rings. The van der Waals surface area contributed by atoms with E-state index in [2.05, 4.69) is 37.3 Å². The lowest BCUT2D eigenvalue weighted by Gasteiger charge is -2.09. The monoisotopic (exact) mass is 343 g/mol. The minimum atomic E-state index is 0.478. The average Bonchev–Trinajstić information content (AvgIpc) is 2.52. The lowest BCUT2D eigenvalue weighted by Crippen LogP contribution is -2.07. The number of aromatic nitrogens is 2. The van der Waals surface area contributed by atoms with Crippen molar-refractivity contribution in [3.63, 3.8) is 0 Å². The van der Waals surface area contributed by atoms with E-state index in [1.165, 1.54) is 0 Å². The predicted octanol–water partition coefficient (Wildman–Crippen LogP) is 3.90. The third-order valence-corrected chi connectivity index (χ3v) is 3.90. The first kappa shape index (κ1) is 14.0. The van der Waals surface area contributed by atoms with Crippen molar-refractivity contribution in [2.75, 3.05) is 7.05 Å². The van der Waals surface area contributed by atoms with E-state index in [-0.39, 0.29) is 0 Å². The third-order valence-electron chi connectivity index (χ3n) is 3.08. The van der Waals surface area contributed by atoms with Gasteiger partial charge in [-0.3, -0.25) is 4.98 Å². The van der Waals surface area contributed by atoms with E-state index >= 15 is 0 Å². The molecule has 106 valence electrons. The second-order valence-corrected chi connectivity index (χ2v) is 5.37. The zero-order valence-electron chi connectivity index (χ0n) is 11.5. The number of fused-ring (bicyclic) bond motifs is 1. The minimum Gasteiger partial charge on any atom is -0.436 e. The van der Waals surface area contributed by atoms with Crippen LogP contribution < -0.4 is 10.1 Å². The molecule has 0 radical (unpaired) electrons. The standard InChI is InChI=1S/C16H14BrN3O/c1-18-8-12-9-20-15(10-19-12)21-14-7-6-11-4-2-3-5-13(11)16(14)17/h2-7,9-10,18H,8H2,1H3. The lowest BCUT2D eigenvalue weighted by atomic mass is 10.1. The Balaban J connectivity index is 1.89. The van der Waals surface area contributed by atoms with Crippen molar-refractivity contribution in [1.29, 1.82) is 0 Å². The molecular formula is C16H14BrN3O. The van der Waals surface area contributed by atoms with Crippen LogP contribution in [0.4, 0.5) is 0 Å². The highest BCUT2D eigenvalue weighted by atomic mass is 79.9. The highest BCUT2D eigenvalue weighted by molar-refractivity contribution is 9.10. The van der Waals surface area contributed by atoms with Gasteiger partial charge in [-0.2, -0.15) is 0 Å². The van der Waals surface area contributed by atoms with Crippen LogP contribution in [0, 0.1) is 0 Å². The van der Waals surface area contributed by atoms with Gasteiger partial charge in [-0.15, -0.1) is 0 Å². The Morgan fingerprint density at radius 1 is 1.10 bits per heavy atom. The Bertz CT molecular complexity index is 759. The smallest absolute Gasteiger partial charge is 0.237 e. The molecule has 1 aromatic heterocycles. The van der Waals surface area contributed by atoms with Crippen LogP contribution in [0.1, 0.15) is 5.69 Å². The molecule has 1 N–H and O–H groups in total. The minimum absolute atomic E-state index is 0.478. The van der Waals surface area contributed by atoms with Crippen molar-refractivity contribution in [3.8, 4) is 11.6 Å². The molecular weight excluding hydrogens is 330 g/mol. The van der Waals surface area contributed by atoms with Crippen molar-refractivity contribution in [2.45, 2.75) is 6.54 Å². The van der Waals surface area contributed by atoms with E-state index in [1.54, 1.807) is 12.4 Å². The zero-order valence-corrected chi connectivity index (χ0v) is 13.1. The van der Waals surface area contributed by atoms with Crippen molar-refractivity contribution < 1.29 is 4.74 Å². The number of nitrogens with zero attached hydrogens (tertiary/aromatic N) is 2. The van der Waals surface area contributed by atoms with E-state index in [1.807, 2.05) is 37.4 Å². The van der Waals surface area contributed by atoms with Gasteiger partial charge in [0, 0.05) is 6.54 Å². The van der Waals surface area contributed by atoms with Gasteiger partial charge >= 0.3 is 0 Å². The molecule has 0 aliphatic heterocycles. The Labute approximate surface area is 131 Å². The Morgan fingerprint density at radius 3 is 2.71 bits per heavy atom. The summed E-state index contributed by atoms with van der Waals surface area (Å²) in [6.07, 6.45) is 3.34. The number of hydrogen-bond donors (Lipinski definition) is 1. The summed E-state index contributed by atoms with van der Waals surface area (Å²) in [4.78, 5) is 8.56. The van der Waals surface area contributed by atoms with Crippen LogP contribution in [0.15, 0.2) is 53.3 Å². The number of benzene rings is 2. The fourth-order valence-corrected chi connectivity index (χ4v) is 2.65. The van der Waals surface area contributed by atoms with Gasteiger partial charge in [0.05, 0.1) is 22.6 Å². The summed E-state index contributed by atoms with van der Waals surface area (Å²) in [6, 6.07) is 12.1. The molecule has 3 rings (SSSR count). The van der Waals surface area contributed by atoms with Crippen molar-refractivity contribution in [3.05, 3.63) is 59.0 Å². The maximum atomic E-state index is 5.81. The Morgan fingerprint density at radius 2 is 1.95 bits per heavy atom. The molecule has 0 saturated carbocycles. The summed E-state index contributed by atoms with van der Waals surface area (Å²) in [7, 11) is 1.87. The second-order valence-electron chi connectivity index (χ2n) is 4.58. The van der Waals surface area contributed by atoms with Gasteiger partial charge in [0.1, 0.15) is 5.75 Å². The molecule has 5 heteroatoms. The molecule has 0 spiro atoms. The Kier molecular flexibility index (Phi) is 4.13. The van der Waals surface area contributed by atoms with Crippen LogP contribution in [-0.4, -0.2) is 17.0 Å². The second kappa shape index (κ2) is 6.20. The average molecular weight is 344 g/mol. The summed E-state index contributed by atoms with van der Waals surface area (Å²) < 4.78 is 6.73. The van der Waals surface area contributed by atoms with Crippen molar-refractivity contribution in [2.24, 2.45) is 0 Å². The van der Waals surface area contributed by atoms with Crippen molar-refractivity contribution >= 4 is 26.7 Å². The maximum absolute atomic E-state index is 5.81. The summed E-state index contributed by atoms with van der Waals surface area (Å²) >= 11 is 3.60. The van der Waals surface area contributed by atoms with Gasteiger partial charge in [-0.25, -0.2) is 4.98 Å². The van der Waals surface area contributed by atoms with Gasteiger partial charge in [-0.1, -0.05) is 30.3 Å². The normalized spacial score (nSPS) is 10.8. The fourth-order valence-electron chi connectivity index (χ4n) is 2.07. The van der Waals surface area contributed by atoms with Gasteiger partial charge in [-0.05, 0) is 39.8 Å². The number of halogens is 1. The van der Waals surface area contributed by atoms with Crippen molar-refractivity contribution in [1.82, 2.24) is 15.3 Å². The number of rotatable bonds is 4. The summed E-state index contributed by atoms with van der Waals surface area (Å²) in [5, 5.41) is 5.30. The highest BCUT2D eigenvalue weighted by Crippen LogP contribution is 2.35. The van der Waals surface area contributed by atoms with E-state index in [4.69, 9.17) is 4.74 Å². The summed E-state index contributed by atoms with van der Waals surface area (Å²) in [5.41, 5.74) is 0.877. The molecule has 0 fully saturated rings. The van der Waals surface area contributed by atoms with Gasteiger partial charge < -0.3 is 10.1 Å². The first-order valence-electron chi connectivity index (χ1n) is 6.58. The number of ether oxygens (including phenoxy) is 1. The van der Waals surface area contributed by atoms with Crippen LogP contribution in [0.25, 0.3) is 10.8 Å². The molecule has 21 heavy (non-hydrogen) atoms. The quantitative estimate of drug-likeness (QED) is 0.780. The molecule has 0 bridgehead atoms. The lowest BCUT2D eigenvalue weighted by molar-refractivity contribution is 0.457. The molecule has 0 atom stereocenters. The molecule has 2 aromatic carbocycles. The molecule has 0 amide bonds. The molecule has 0 saturated heterocycles. The van der Waals surface area contributed by atoms with Crippen LogP contribution in [0.3, 0.4) is 0 Å². The highest BCUT2D eigenvalue weighted by Gasteiger charge is 2.08.